The number of nitrogens with zero attached hydrogens (tertiary/aromatic N) is 3. The lowest BCUT2D eigenvalue weighted by Gasteiger charge is -2.06. The Morgan fingerprint density at radius 1 is 1.25 bits per heavy atom. The molecule has 0 radical (unpaired) electrons. The van der Waals surface area contributed by atoms with E-state index in [9.17, 15) is 4.79 Å². The average molecular weight is 219 g/mol. The van der Waals surface area contributed by atoms with Crippen molar-refractivity contribution in [3.8, 4) is 0 Å². The van der Waals surface area contributed by atoms with Gasteiger partial charge in [0.2, 0.25) is 5.91 Å². The molecule has 0 bridgehead atoms. The van der Waals surface area contributed by atoms with Gasteiger partial charge in [-0.3, -0.25) is 4.79 Å². The Morgan fingerprint density at radius 2 is 1.81 bits per heavy atom. The number of carbonyl (C=O) groups excluding carboxylic acids is 1. The van der Waals surface area contributed by atoms with Crippen LogP contribution in [0.5, 0.6) is 0 Å². The Balaban J connectivity index is 2.72. The highest BCUT2D eigenvalue weighted by Crippen LogP contribution is 2.19. The lowest BCUT2D eigenvalue weighted by Crippen LogP contribution is -2.15. The van der Waals surface area contributed by atoms with Crippen LogP contribution in [0.2, 0.25) is 0 Å². The van der Waals surface area contributed by atoms with Gasteiger partial charge in [-0.05, 0) is 23.6 Å². The topological polar surface area (TPSA) is 45.0 Å². The van der Waals surface area contributed by atoms with E-state index >= 15 is 0 Å². The molecule has 16 heavy (non-hydrogen) atoms. The first-order valence-corrected chi connectivity index (χ1v) is 5.26. The Labute approximate surface area is 96.0 Å². The Bertz CT molecular complexity index is 382. The lowest BCUT2D eigenvalue weighted by molar-refractivity contribution is -0.127. The van der Waals surface area contributed by atoms with Gasteiger partial charge in [0.25, 0.3) is 0 Å². The second-order valence-corrected chi connectivity index (χ2v) is 3.98. The molecular weight excluding hydrogens is 202 g/mol. The first-order valence-electron chi connectivity index (χ1n) is 5.26. The number of amides is 1. The van der Waals surface area contributed by atoms with Gasteiger partial charge < -0.3 is 0 Å². The minimum Gasteiger partial charge on any atom is -0.273 e. The number of benzene rings is 1. The van der Waals surface area contributed by atoms with E-state index in [-0.39, 0.29) is 5.91 Å². The highest BCUT2D eigenvalue weighted by Gasteiger charge is 2.00. The number of rotatable bonds is 3. The smallest absolute Gasteiger partial charge is 0.240 e. The van der Waals surface area contributed by atoms with Crippen LogP contribution >= 0.6 is 0 Å². The van der Waals surface area contributed by atoms with Crippen LogP contribution in [0.25, 0.3) is 0 Å². The van der Waals surface area contributed by atoms with Crippen molar-refractivity contribution in [3.05, 3.63) is 29.8 Å². The molecule has 0 fully saturated rings. The van der Waals surface area contributed by atoms with Crippen LogP contribution in [0, 0.1) is 0 Å². The van der Waals surface area contributed by atoms with Gasteiger partial charge in [-0.2, -0.15) is 0 Å². The van der Waals surface area contributed by atoms with Crippen molar-refractivity contribution < 1.29 is 4.79 Å². The molecule has 0 saturated carbocycles. The molecule has 0 heterocycles. The molecule has 1 aromatic rings. The van der Waals surface area contributed by atoms with Gasteiger partial charge in [-0.25, -0.2) is 5.01 Å². The highest BCUT2D eigenvalue weighted by molar-refractivity contribution is 5.72. The summed E-state index contributed by atoms with van der Waals surface area (Å²) in [6, 6.07) is 7.83. The molecule has 0 N–H and O–H groups in total. The molecule has 1 aromatic carbocycles. The van der Waals surface area contributed by atoms with Gasteiger partial charge in [0, 0.05) is 14.0 Å². The Kier molecular flexibility index (Phi) is 4.17. The Morgan fingerprint density at radius 3 is 2.25 bits per heavy atom. The largest absolute Gasteiger partial charge is 0.273 e. The summed E-state index contributed by atoms with van der Waals surface area (Å²) in [5.41, 5.74) is 2.01. The lowest BCUT2D eigenvalue weighted by atomic mass is 10.0. The van der Waals surface area contributed by atoms with Gasteiger partial charge in [-0.15, -0.1) is 5.11 Å². The molecule has 0 atom stereocenters. The number of carbonyl (C=O) groups is 1. The van der Waals surface area contributed by atoms with Crippen molar-refractivity contribution in [3.63, 3.8) is 0 Å². The SMILES string of the molecule is CC(=O)N(C)N=Nc1ccc(C(C)C)cc1. The van der Waals surface area contributed by atoms with E-state index in [1.54, 1.807) is 7.05 Å². The quantitative estimate of drug-likeness (QED) is 0.568. The normalized spacial score (nSPS) is 11.1. The summed E-state index contributed by atoms with van der Waals surface area (Å²) in [5, 5.41) is 8.94. The van der Waals surface area contributed by atoms with Gasteiger partial charge in [0.15, 0.2) is 0 Å². The second kappa shape index (κ2) is 5.39. The third-order valence-corrected chi connectivity index (χ3v) is 2.31. The van der Waals surface area contributed by atoms with E-state index in [1.807, 2.05) is 24.3 Å². The molecule has 0 aliphatic heterocycles. The third kappa shape index (κ3) is 3.46. The summed E-state index contributed by atoms with van der Waals surface area (Å²) in [4.78, 5) is 10.9. The zero-order valence-corrected chi connectivity index (χ0v) is 10.1. The van der Waals surface area contributed by atoms with Crippen molar-refractivity contribution in [1.29, 1.82) is 0 Å². The zero-order chi connectivity index (χ0) is 12.1. The first-order chi connectivity index (χ1) is 7.50. The summed E-state index contributed by atoms with van der Waals surface area (Å²) < 4.78 is 0. The molecule has 4 heteroatoms. The predicted octanol–water partition coefficient (Wildman–Crippen LogP) is 3.29. The van der Waals surface area contributed by atoms with Crippen molar-refractivity contribution >= 4 is 11.6 Å². The maximum Gasteiger partial charge on any atom is 0.240 e. The average Bonchev–Trinajstić information content (AvgIpc) is 2.26. The second-order valence-electron chi connectivity index (χ2n) is 3.98. The van der Waals surface area contributed by atoms with Crippen LogP contribution in [-0.2, 0) is 4.79 Å². The van der Waals surface area contributed by atoms with Crippen LogP contribution in [0.4, 0.5) is 5.69 Å². The Hall–Kier alpha value is -1.71. The summed E-state index contributed by atoms with van der Waals surface area (Å²) >= 11 is 0. The molecule has 0 saturated heterocycles. The highest BCUT2D eigenvalue weighted by atomic mass is 16.2. The van der Waals surface area contributed by atoms with Gasteiger partial charge in [0.1, 0.15) is 0 Å². The van der Waals surface area contributed by atoms with Gasteiger partial charge >= 0.3 is 0 Å². The molecular formula is C12H17N3O. The molecule has 0 spiro atoms. The molecule has 0 aliphatic rings. The molecule has 86 valence electrons. The van der Waals surface area contributed by atoms with Crippen molar-refractivity contribution in [2.24, 2.45) is 10.3 Å². The summed E-state index contributed by atoms with van der Waals surface area (Å²) in [6.07, 6.45) is 0. The van der Waals surface area contributed by atoms with Gasteiger partial charge in [0.05, 0.1) is 5.69 Å². The first kappa shape index (κ1) is 12.4. The summed E-state index contributed by atoms with van der Waals surface area (Å²) in [5.74, 6) is 0.369. The summed E-state index contributed by atoms with van der Waals surface area (Å²) in [6.45, 7) is 5.72. The fourth-order valence-corrected chi connectivity index (χ4v) is 1.11. The molecule has 0 unspecified atom stereocenters. The zero-order valence-electron chi connectivity index (χ0n) is 10.1. The number of hydrogen-bond acceptors (Lipinski definition) is 3. The van der Waals surface area contributed by atoms with E-state index in [2.05, 4.69) is 24.2 Å². The molecule has 1 rings (SSSR count). The van der Waals surface area contributed by atoms with Crippen LogP contribution in [0.15, 0.2) is 34.6 Å². The van der Waals surface area contributed by atoms with E-state index in [0.29, 0.717) is 5.92 Å². The predicted molar refractivity (Wildman–Crippen MR) is 63.5 cm³/mol. The fraction of sp³-hybridized carbons (Fsp3) is 0.417. The van der Waals surface area contributed by atoms with Crippen molar-refractivity contribution in [2.75, 3.05) is 7.05 Å². The van der Waals surface area contributed by atoms with E-state index in [4.69, 9.17) is 0 Å². The van der Waals surface area contributed by atoms with Gasteiger partial charge in [-0.1, -0.05) is 31.2 Å². The van der Waals surface area contributed by atoms with E-state index < -0.39 is 0 Å². The van der Waals surface area contributed by atoms with Crippen molar-refractivity contribution in [1.82, 2.24) is 5.01 Å². The number of hydrogen-bond donors (Lipinski definition) is 0. The minimum atomic E-state index is -0.137. The third-order valence-electron chi connectivity index (χ3n) is 2.31. The standard InChI is InChI=1S/C12H17N3O/c1-9(2)11-5-7-12(8-6-11)13-14-15(4)10(3)16/h5-9H,1-4H3. The molecule has 4 nitrogen and oxygen atoms in total. The fourth-order valence-electron chi connectivity index (χ4n) is 1.11. The molecule has 0 aliphatic carbocycles. The maximum atomic E-state index is 10.9. The summed E-state index contributed by atoms with van der Waals surface area (Å²) in [7, 11) is 1.58. The minimum absolute atomic E-state index is 0.137. The monoisotopic (exact) mass is 219 g/mol. The molecule has 1 amide bonds. The van der Waals surface area contributed by atoms with E-state index in [0.717, 1.165) is 5.69 Å². The van der Waals surface area contributed by atoms with Crippen molar-refractivity contribution in [2.45, 2.75) is 26.7 Å². The maximum absolute atomic E-state index is 10.9. The van der Waals surface area contributed by atoms with Crippen LogP contribution < -0.4 is 0 Å². The molecule has 0 aromatic heterocycles. The van der Waals surface area contributed by atoms with Crippen LogP contribution in [0.3, 0.4) is 0 Å². The van der Waals surface area contributed by atoms with Crippen LogP contribution in [-0.4, -0.2) is 18.0 Å². The van der Waals surface area contributed by atoms with E-state index in [1.165, 1.54) is 17.5 Å². The van der Waals surface area contributed by atoms with Crippen LogP contribution in [0.1, 0.15) is 32.3 Å².